The van der Waals surface area contributed by atoms with Crippen LogP contribution in [0.5, 0.6) is 0 Å². The fourth-order valence-electron chi connectivity index (χ4n) is 5.69. The van der Waals surface area contributed by atoms with Crippen LogP contribution in [-0.2, 0) is 4.74 Å². The highest BCUT2D eigenvalue weighted by molar-refractivity contribution is 7.80. The van der Waals surface area contributed by atoms with E-state index in [1.54, 1.807) is 4.68 Å². The molecule has 0 radical (unpaired) electrons. The number of amides is 1. The number of alkyl halides is 2. The quantitative estimate of drug-likeness (QED) is 0.428. The zero-order chi connectivity index (χ0) is 25.0. The number of nitrogens with one attached hydrogen (secondary N) is 1. The lowest BCUT2D eigenvalue weighted by molar-refractivity contribution is 0.0988. The van der Waals surface area contributed by atoms with Crippen LogP contribution in [0.15, 0.2) is 18.3 Å². The van der Waals surface area contributed by atoms with Gasteiger partial charge in [-0.05, 0) is 61.7 Å². The van der Waals surface area contributed by atoms with Gasteiger partial charge in [0.1, 0.15) is 11.3 Å². The Morgan fingerprint density at radius 2 is 2.06 bits per heavy atom. The molecule has 3 atom stereocenters. The molecule has 3 fully saturated rings. The predicted octanol–water partition coefficient (Wildman–Crippen LogP) is 5.10. The number of halogens is 2. The smallest absolute Gasteiger partial charge is 0.284 e. The molecular formula is C24H28F2N6O2S2. The molecule has 192 valence electrons. The molecule has 5 heterocycles. The number of carbonyl (C=O) groups is 1. The van der Waals surface area contributed by atoms with Crippen molar-refractivity contribution in [2.24, 2.45) is 5.92 Å². The van der Waals surface area contributed by atoms with Gasteiger partial charge in [-0.2, -0.15) is 22.1 Å². The van der Waals surface area contributed by atoms with Gasteiger partial charge in [-0.15, -0.1) is 0 Å². The Bertz CT molecular complexity index is 1270. The summed E-state index contributed by atoms with van der Waals surface area (Å²) in [5.41, 5.74) is 0.206. The van der Waals surface area contributed by atoms with Gasteiger partial charge in [0.25, 0.3) is 12.3 Å². The molecule has 2 bridgehead atoms. The number of hydrogen-bond donors (Lipinski definition) is 2. The van der Waals surface area contributed by atoms with Crippen LogP contribution in [0.2, 0.25) is 0 Å². The molecule has 0 aromatic carbocycles. The highest BCUT2D eigenvalue weighted by Crippen LogP contribution is 2.37. The Labute approximate surface area is 217 Å². The van der Waals surface area contributed by atoms with Crippen molar-refractivity contribution in [3.8, 4) is 0 Å². The molecule has 3 aromatic rings. The first-order valence-corrected chi connectivity index (χ1v) is 13.7. The number of fused-ring (bicyclic) bond motifs is 3. The van der Waals surface area contributed by atoms with Gasteiger partial charge in [0, 0.05) is 18.0 Å². The van der Waals surface area contributed by atoms with Gasteiger partial charge in [-0.3, -0.25) is 9.48 Å². The van der Waals surface area contributed by atoms with E-state index < -0.39 is 18.0 Å². The standard InChI is InChI=1S/C24H28F2N6O2S2/c1-12(35)13-2-4-14(5-3-13)32-10-17(20(29-32)23(25)26)27-24(33)22-21-18(36-30-22)6-7-19(28-21)31-9-16-8-15(31)11-34-16/h6-7,10,12-16,23,35H,2-5,8-9,11H2,1H3,(H,27,33)/t12?,13?,14?,15-,16-/m0/s1. The van der Waals surface area contributed by atoms with Crippen molar-refractivity contribution in [3.63, 3.8) is 0 Å². The summed E-state index contributed by atoms with van der Waals surface area (Å²) >= 11 is 5.72. The van der Waals surface area contributed by atoms with E-state index in [9.17, 15) is 13.6 Å². The van der Waals surface area contributed by atoms with E-state index in [2.05, 4.69) is 39.2 Å². The molecule has 6 rings (SSSR count). The number of carbonyl (C=O) groups excluding carboxylic acids is 1. The topological polar surface area (TPSA) is 85.2 Å². The van der Waals surface area contributed by atoms with Crippen LogP contribution >= 0.6 is 24.2 Å². The fraction of sp³-hybridized carbons (Fsp3) is 0.583. The number of morpholine rings is 1. The van der Waals surface area contributed by atoms with Gasteiger partial charge in [-0.25, -0.2) is 13.8 Å². The van der Waals surface area contributed by atoms with E-state index in [1.165, 1.54) is 17.7 Å². The highest BCUT2D eigenvalue weighted by atomic mass is 32.1. The van der Waals surface area contributed by atoms with Crippen molar-refractivity contribution in [1.29, 1.82) is 0 Å². The van der Waals surface area contributed by atoms with E-state index in [-0.39, 0.29) is 29.6 Å². The monoisotopic (exact) mass is 534 g/mol. The lowest BCUT2D eigenvalue weighted by Gasteiger charge is -2.30. The van der Waals surface area contributed by atoms with Gasteiger partial charge in [0.2, 0.25) is 0 Å². The van der Waals surface area contributed by atoms with Crippen molar-refractivity contribution in [3.05, 3.63) is 29.7 Å². The van der Waals surface area contributed by atoms with Gasteiger partial charge in [0.05, 0.1) is 35.2 Å². The number of hydrogen-bond acceptors (Lipinski definition) is 8. The van der Waals surface area contributed by atoms with Gasteiger partial charge >= 0.3 is 0 Å². The Kier molecular flexibility index (Phi) is 6.37. The molecule has 2 aliphatic heterocycles. The van der Waals surface area contributed by atoms with Crippen LogP contribution in [0.1, 0.15) is 67.7 Å². The maximum absolute atomic E-state index is 13.8. The SMILES string of the molecule is CC(S)C1CCC(n2cc(NC(=O)c3nsc4ccc(N5C[C@@H]6C[C@H]5CO6)nc34)c(C(F)F)n2)CC1. The van der Waals surface area contributed by atoms with Crippen molar-refractivity contribution in [2.45, 2.75) is 68.9 Å². The molecule has 2 saturated heterocycles. The molecule has 1 unspecified atom stereocenters. The van der Waals surface area contributed by atoms with Crippen molar-refractivity contribution >= 4 is 51.8 Å². The van der Waals surface area contributed by atoms with Crippen LogP contribution in [0.4, 0.5) is 20.3 Å². The molecule has 36 heavy (non-hydrogen) atoms. The molecule has 1 saturated carbocycles. The Hall–Kier alpha value is -2.31. The molecule has 0 spiro atoms. The van der Waals surface area contributed by atoms with Crippen LogP contribution < -0.4 is 10.2 Å². The summed E-state index contributed by atoms with van der Waals surface area (Å²) in [6.07, 6.45) is 3.57. The van der Waals surface area contributed by atoms with Crippen LogP contribution in [0, 0.1) is 5.92 Å². The number of nitrogens with zero attached hydrogens (tertiary/aromatic N) is 5. The number of rotatable bonds is 6. The van der Waals surface area contributed by atoms with Crippen LogP contribution in [0.25, 0.3) is 10.2 Å². The maximum atomic E-state index is 13.8. The third kappa shape index (κ3) is 4.37. The van der Waals surface area contributed by atoms with E-state index in [0.717, 1.165) is 49.2 Å². The molecule has 1 N–H and O–H groups in total. The van der Waals surface area contributed by atoms with Crippen LogP contribution in [-0.4, -0.2) is 55.6 Å². The molecule has 8 nitrogen and oxygen atoms in total. The van der Waals surface area contributed by atoms with Crippen molar-refractivity contribution in [1.82, 2.24) is 19.1 Å². The molecule has 3 aromatic heterocycles. The third-order valence-corrected chi connectivity index (χ3v) is 8.95. The normalized spacial score (nSPS) is 26.8. The van der Waals surface area contributed by atoms with Gasteiger partial charge < -0.3 is 15.0 Å². The second-order valence-corrected chi connectivity index (χ2v) is 11.6. The highest BCUT2D eigenvalue weighted by Gasteiger charge is 2.39. The first-order valence-electron chi connectivity index (χ1n) is 12.4. The second kappa shape index (κ2) is 9.53. The Morgan fingerprint density at radius 1 is 1.25 bits per heavy atom. The summed E-state index contributed by atoms with van der Waals surface area (Å²) in [5.74, 6) is 0.735. The minimum atomic E-state index is -2.81. The first kappa shape index (κ1) is 24.1. The summed E-state index contributed by atoms with van der Waals surface area (Å²) in [5, 5.41) is 7.13. The van der Waals surface area contributed by atoms with Crippen LogP contribution in [0.3, 0.4) is 0 Å². The number of ether oxygens (including phenoxy) is 1. The number of anilines is 2. The lowest BCUT2D eigenvalue weighted by Crippen LogP contribution is -2.37. The van der Waals surface area contributed by atoms with Gasteiger partial charge in [-0.1, -0.05) is 6.92 Å². The minimum absolute atomic E-state index is 0.0194. The Balaban J connectivity index is 1.23. The van der Waals surface area contributed by atoms with E-state index in [0.29, 0.717) is 23.3 Å². The average molecular weight is 535 g/mol. The predicted molar refractivity (Wildman–Crippen MR) is 137 cm³/mol. The molecular weight excluding hydrogens is 506 g/mol. The van der Waals surface area contributed by atoms with Crippen molar-refractivity contribution < 1.29 is 18.3 Å². The molecule has 1 aliphatic carbocycles. The number of pyridine rings is 1. The first-order chi connectivity index (χ1) is 17.4. The maximum Gasteiger partial charge on any atom is 0.284 e. The molecule has 12 heteroatoms. The fourth-order valence-corrected chi connectivity index (χ4v) is 6.70. The van der Waals surface area contributed by atoms with E-state index >= 15 is 0 Å². The molecule has 1 amide bonds. The third-order valence-electron chi connectivity index (χ3n) is 7.73. The largest absolute Gasteiger partial charge is 0.374 e. The van der Waals surface area contributed by atoms with Crippen molar-refractivity contribution in [2.75, 3.05) is 23.4 Å². The van der Waals surface area contributed by atoms with E-state index in [1.807, 2.05) is 12.1 Å². The summed E-state index contributed by atoms with van der Waals surface area (Å²) in [7, 11) is 0. The second-order valence-electron chi connectivity index (χ2n) is 10.0. The zero-order valence-corrected chi connectivity index (χ0v) is 21.5. The van der Waals surface area contributed by atoms with Gasteiger partial charge in [0.15, 0.2) is 11.4 Å². The Morgan fingerprint density at radius 3 is 2.72 bits per heavy atom. The minimum Gasteiger partial charge on any atom is -0.374 e. The summed E-state index contributed by atoms with van der Waals surface area (Å²) in [6, 6.07) is 4.16. The summed E-state index contributed by atoms with van der Waals surface area (Å²) in [6.45, 7) is 3.54. The average Bonchev–Trinajstić information content (AvgIpc) is 3.66. The van der Waals surface area contributed by atoms with E-state index in [4.69, 9.17) is 9.72 Å². The zero-order valence-electron chi connectivity index (χ0n) is 19.8. The summed E-state index contributed by atoms with van der Waals surface area (Å²) in [4.78, 5) is 20.1. The molecule has 3 aliphatic rings. The number of aromatic nitrogens is 4. The lowest BCUT2D eigenvalue weighted by atomic mass is 9.84. The summed E-state index contributed by atoms with van der Waals surface area (Å²) < 4.78 is 40.0. The number of thiol groups is 1.